The topological polar surface area (TPSA) is 80.0 Å². The Kier molecular flexibility index (Phi) is 6.75. The molecule has 1 amide bonds. The van der Waals surface area contributed by atoms with Gasteiger partial charge in [-0.1, -0.05) is 41.9 Å². The monoisotopic (exact) mass is 350 g/mol. The molecular formula is C17H23ClN4O2. The fourth-order valence-electron chi connectivity index (χ4n) is 2.74. The van der Waals surface area contributed by atoms with Crippen LogP contribution in [0.4, 0.5) is 0 Å². The van der Waals surface area contributed by atoms with E-state index >= 15 is 0 Å². The maximum Gasteiger partial charge on any atom is 0.237 e. The molecule has 0 saturated carbocycles. The number of hydrogen-bond donors (Lipinski definition) is 2. The molecule has 0 radical (unpaired) electrons. The van der Waals surface area contributed by atoms with Gasteiger partial charge in [-0.3, -0.25) is 4.79 Å². The van der Waals surface area contributed by atoms with Gasteiger partial charge in [0.1, 0.15) is 0 Å². The van der Waals surface area contributed by atoms with Crippen molar-refractivity contribution < 1.29 is 9.32 Å². The van der Waals surface area contributed by atoms with Gasteiger partial charge in [-0.25, -0.2) is 0 Å². The fraction of sp³-hybridized carbons (Fsp3) is 0.471. The number of nitrogens with zero attached hydrogens (tertiary/aromatic N) is 2. The van der Waals surface area contributed by atoms with Crippen molar-refractivity contribution in [3.63, 3.8) is 0 Å². The summed E-state index contributed by atoms with van der Waals surface area (Å²) < 4.78 is 5.29. The van der Waals surface area contributed by atoms with E-state index in [-0.39, 0.29) is 30.4 Å². The summed E-state index contributed by atoms with van der Waals surface area (Å²) in [4.78, 5) is 16.6. The Balaban J connectivity index is 0.00000208. The molecule has 0 bridgehead atoms. The smallest absolute Gasteiger partial charge is 0.237 e. The normalized spacial score (nSPS) is 18.5. The summed E-state index contributed by atoms with van der Waals surface area (Å²) in [6.45, 7) is 2.77. The highest BCUT2D eigenvalue weighted by Gasteiger charge is 2.23. The van der Waals surface area contributed by atoms with Crippen LogP contribution in [-0.4, -0.2) is 28.6 Å². The van der Waals surface area contributed by atoms with Crippen LogP contribution >= 0.6 is 12.4 Å². The van der Waals surface area contributed by atoms with Crippen molar-refractivity contribution >= 4 is 18.3 Å². The quantitative estimate of drug-likeness (QED) is 0.865. The Morgan fingerprint density at radius 3 is 2.88 bits per heavy atom. The minimum absolute atomic E-state index is 0. The zero-order chi connectivity index (χ0) is 16.1. The molecule has 130 valence electrons. The average molecular weight is 351 g/mol. The van der Waals surface area contributed by atoms with E-state index in [2.05, 4.69) is 20.8 Å². The van der Waals surface area contributed by atoms with Crippen LogP contribution in [0.15, 0.2) is 34.9 Å². The Morgan fingerprint density at radius 2 is 2.17 bits per heavy atom. The number of carbonyl (C=O) groups is 1. The van der Waals surface area contributed by atoms with Crippen molar-refractivity contribution in [1.29, 1.82) is 0 Å². The minimum Gasteiger partial charge on any atom is -0.345 e. The maximum absolute atomic E-state index is 12.2. The minimum atomic E-state index is -0.264. The van der Waals surface area contributed by atoms with E-state index in [1.807, 2.05) is 37.3 Å². The van der Waals surface area contributed by atoms with Crippen LogP contribution < -0.4 is 10.6 Å². The van der Waals surface area contributed by atoms with Crippen LogP contribution in [0.2, 0.25) is 0 Å². The third-order valence-electron chi connectivity index (χ3n) is 4.05. The molecular weight excluding hydrogens is 328 g/mol. The lowest BCUT2D eigenvalue weighted by Crippen LogP contribution is -2.47. The summed E-state index contributed by atoms with van der Waals surface area (Å²) in [5.41, 5.74) is 1.12. The van der Waals surface area contributed by atoms with E-state index in [0.717, 1.165) is 31.4 Å². The van der Waals surface area contributed by atoms with Crippen molar-refractivity contribution in [3.8, 4) is 0 Å². The molecule has 2 atom stereocenters. The second-order valence-corrected chi connectivity index (χ2v) is 5.94. The van der Waals surface area contributed by atoms with Crippen LogP contribution in [0, 0.1) is 0 Å². The molecule has 0 aliphatic carbocycles. The lowest BCUT2D eigenvalue weighted by molar-refractivity contribution is -0.124. The predicted molar refractivity (Wildman–Crippen MR) is 93.0 cm³/mol. The number of amides is 1. The van der Waals surface area contributed by atoms with Gasteiger partial charge in [0.25, 0.3) is 0 Å². The third kappa shape index (κ3) is 4.79. The molecule has 1 fully saturated rings. The van der Waals surface area contributed by atoms with Gasteiger partial charge in [-0.05, 0) is 31.9 Å². The Bertz CT molecular complexity index is 641. The van der Waals surface area contributed by atoms with Gasteiger partial charge in [0.15, 0.2) is 5.82 Å². The van der Waals surface area contributed by atoms with Crippen LogP contribution in [0.5, 0.6) is 0 Å². The van der Waals surface area contributed by atoms with Crippen molar-refractivity contribution in [2.45, 2.75) is 44.7 Å². The molecule has 1 aromatic carbocycles. The summed E-state index contributed by atoms with van der Waals surface area (Å²) in [6.07, 6.45) is 3.69. The highest BCUT2D eigenvalue weighted by molar-refractivity contribution is 5.85. The number of rotatable bonds is 5. The average Bonchev–Trinajstić information content (AvgIpc) is 3.05. The molecule has 2 N–H and O–H groups in total. The van der Waals surface area contributed by atoms with Crippen LogP contribution in [0.3, 0.4) is 0 Å². The van der Waals surface area contributed by atoms with E-state index in [1.54, 1.807) is 0 Å². The molecule has 6 nitrogen and oxygen atoms in total. The number of piperidine rings is 1. The van der Waals surface area contributed by atoms with Crippen LogP contribution in [0.25, 0.3) is 0 Å². The van der Waals surface area contributed by atoms with E-state index in [0.29, 0.717) is 18.1 Å². The predicted octanol–water partition coefficient (Wildman–Crippen LogP) is 2.40. The first-order valence-electron chi connectivity index (χ1n) is 8.12. The van der Waals surface area contributed by atoms with Gasteiger partial charge >= 0.3 is 0 Å². The first kappa shape index (κ1) is 18.4. The summed E-state index contributed by atoms with van der Waals surface area (Å²) in [5, 5.41) is 10.2. The van der Waals surface area contributed by atoms with Crippen molar-refractivity contribution in [3.05, 3.63) is 47.6 Å². The second kappa shape index (κ2) is 8.80. The first-order valence-corrected chi connectivity index (χ1v) is 8.12. The van der Waals surface area contributed by atoms with Crippen molar-refractivity contribution in [2.75, 3.05) is 6.54 Å². The molecule has 7 heteroatoms. The standard InChI is InChI=1S/C17H22N4O2.ClH/c1-12(19-17(22)14-9-5-6-10-18-14)16-20-15(23-21-16)11-13-7-3-2-4-8-13;/h2-4,7-8,12,14,18H,5-6,9-11H2,1H3,(H,19,22);1H/t12?,14-;/m1./s1. The molecule has 1 aromatic heterocycles. The zero-order valence-corrected chi connectivity index (χ0v) is 14.5. The van der Waals surface area contributed by atoms with Gasteiger partial charge in [0, 0.05) is 0 Å². The summed E-state index contributed by atoms with van der Waals surface area (Å²) in [6, 6.07) is 9.59. The van der Waals surface area contributed by atoms with Crippen LogP contribution in [0.1, 0.15) is 49.5 Å². The molecule has 3 rings (SSSR count). The largest absolute Gasteiger partial charge is 0.345 e. The Labute approximate surface area is 147 Å². The lowest BCUT2D eigenvalue weighted by atomic mass is 10.0. The number of benzene rings is 1. The summed E-state index contributed by atoms with van der Waals surface area (Å²) in [7, 11) is 0. The number of halogens is 1. The van der Waals surface area contributed by atoms with Crippen molar-refractivity contribution in [1.82, 2.24) is 20.8 Å². The van der Waals surface area contributed by atoms with Crippen molar-refractivity contribution in [2.24, 2.45) is 0 Å². The van der Waals surface area contributed by atoms with Crippen LogP contribution in [-0.2, 0) is 11.2 Å². The van der Waals surface area contributed by atoms with E-state index in [9.17, 15) is 4.79 Å². The maximum atomic E-state index is 12.2. The van der Waals surface area contributed by atoms with Gasteiger partial charge in [0.05, 0.1) is 18.5 Å². The number of carbonyl (C=O) groups excluding carboxylic acids is 1. The molecule has 0 spiro atoms. The molecule has 24 heavy (non-hydrogen) atoms. The Hall–Kier alpha value is -1.92. The van der Waals surface area contributed by atoms with Gasteiger partial charge in [-0.2, -0.15) is 4.98 Å². The molecule has 1 aliphatic rings. The first-order chi connectivity index (χ1) is 11.2. The highest BCUT2D eigenvalue weighted by atomic mass is 35.5. The molecule has 1 aliphatic heterocycles. The molecule has 2 aromatic rings. The molecule has 1 unspecified atom stereocenters. The number of hydrogen-bond acceptors (Lipinski definition) is 5. The van der Waals surface area contributed by atoms with E-state index in [4.69, 9.17) is 4.52 Å². The van der Waals surface area contributed by atoms with Gasteiger partial charge < -0.3 is 15.2 Å². The zero-order valence-electron chi connectivity index (χ0n) is 13.7. The molecule has 2 heterocycles. The lowest BCUT2D eigenvalue weighted by Gasteiger charge is -2.23. The number of aromatic nitrogens is 2. The second-order valence-electron chi connectivity index (χ2n) is 5.94. The van der Waals surface area contributed by atoms with Gasteiger partial charge in [0.2, 0.25) is 11.8 Å². The van der Waals surface area contributed by atoms with E-state index < -0.39 is 0 Å². The Morgan fingerprint density at radius 1 is 1.38 bits per heavy atom. The van der Waals surface area contributed by atoms with E-state index in [1.165, 1.54) is 0 Å². The highest BCUT2D eigenvalue weighted by Crippen LogP contribution is 2.13. The van der Waals surface area contributed by atoms with Gasteiger partial charge in [-0.15, -0.1) is 12.4 Å². The summed E-state index contributed by atoms with van der Waals surface area (Å²) >= 11 is 0. The third-order valence-corrected chi connectivity index (χ3v) is 4.05. The SMILES string of the molecule is CC(NC(=O)[C@H]1CCCCN1)c1noc(Cc2ccccc2)n1.Cl. The summed E-state index contributed by atoms with van der Waals surface area (Å²) in [5.74, 6) is 1.08. The number of nitrogens with one attached hydrogen (secondary N) is 2. The molecule has 1 saturated heterocycles. The fourth-order valence-corrected chi connectivity index (χ4v) is 2.74.